The SMILES string of the molecule is O=C(Nc1ccc(-n2nn[nH]c2=O)cc1)c1ccncc1Cl. The fourth-order valence-electron chi connectivity index (χ4n) is 1.81. The second-order valence-corrected chi connectivity index (χ2v) is 4.68. The second kappa shape index (κ2) is 5.78. The zero-order chi connectivity index (χ0) is 15.5. The van der Waals surface area contributed by atoms with Gasteiger partial charge in [-0.1, -0.05) is 11.6 Å². The van der Waals surface area contributed by atoms with Crippen molar-refractivity contribution in [1.82, 2.24) is 25.2 Å². The largest absolute Gasteiger partial charge is 0.365 e. The number of rotatable bonds is 3. The fraction of sp³-hybridized carbons (Fsp3) is 0. The first-order chi connectivity index (χ1) is 10.6. The van der Waals surface area contributed by atoms with Crippen molar-refractivity contribution in [3.05, 3.63) is 63.8 Å². The van der Waals surface area contributed by atoms with Crippen molar-refractivity contribution in [2.75, 3.05) is 5.32 Å². The van der Waals surface area contributed by atoms with E-state index >= 15 is 0 Å². The topological polar surface area (TPSA) is 106 Å². The summed E-state index contributed by atoms with van der Waals surface area (Å²) in [6, 6.07) is 8.08. The first-order valence-electron chi connectivity index (χ1n) is 6.17. The molecule has 0 fully saturated rings. The first-order valence-corrected chi connectivity index (χ1v) is 6.54. The Morgan fingerprint density at radius 3 is 2.64 bits per heavy atom. The number of hydrogen-bond acceptors (Lipinski definition) is 5. The van der Waals surface area contributed by atoms with Crippen molar-refractivity contribution in [3.63, 3.8) is 0 Å². The van der Waals surface area contributed by atoms with Crippen LogP contribution in [0.4, 0.5) is 5.69 Å². The van der Waals surface area contributed by atoms with E-state index in [1.807, 2.05) is 0 Å². The number of carbonyl (C=O) groups is 1. The Morgan fingerprint density at radius 1 is 1.23 bits per heavy atom. The van der Waals surface area contributed by atoms with E-state index < -0.39 is 5.69 Å². The van der Waals surface area contributed by atoms with Crippen LogP contribution in [0.15, 0.2) is 47.5 Å². The molecule has 0 spiro atoms. The Balaban J connectivity index is 1.80. The van der Waals surface area contributed by atoms with E-state index in [1.54, 1.807) is 24.3 Å². The molecule has 0 radical (unpaired) electrons. The van der Waals surface area contributed by atoms with Crippen molar-refractivity contribution in [1.29, 1.82) is 0 Å². The van der Waals surface area contributed by atoms with E-state index in [0.29, 0.717) is 16.9 Å². The highest BCUT2D eigenvalue weighted by molar-refractivity contribution is 6.34. The lowest BCUT2D eigenvalue weighted by Gasteiger charge is -2.07. The number of benzene rings is 1. The summed E-state index contributed by atoms with van der Waals surface area (Å²) in [6.45, 7) is 0. The summed E-state index contributed by atoms with van der Waals surface area (Å²) in [4.78, 5) is 27.3. The molecule has 0 aliphatic heterocycles. The summed E-state index contributed by atoms with van der Waals surface area (Å²) in [5.74, 6) is -0.348. The molecule has 2 aromatic heterocycles. The maximum Gasteiger partial charge on any atom is 0.365 e. The van der Waals surface area contributed by atoms with Gasteiger partial charge in [0.15, 0.2) is 0 Å². The highest BCUT2D eigenvalue weighted by Gasteiger charge is 2.10. The number of aromatic nitrogens is 5. The second-order valence-electron chi connectivity index (χ2n) is 4.27. The Morgan fingerprint density at radius 2 is 2.00 bits per heavy atom. The van der Waals surface area contributed by atoms with E-state index in [2.05, 4.69) is 25.8 Å². The van der Waals surface area contributed by atoms with Gasteiger partial charge in [-0.2, -0.15) is 4.68 Å². The zero-order valence-electron chi connectivity index (χ0n) is 11.0. The Kier molecular flexibility index (Phi) is 3.67. The number of amides is 1. The van der Waals surface area contributed by atoms with E-state index in [9.17, 15) is 9.59 Å². The van der Waals surface area contributed by atoms with Gasteiger partial charge < -0.3 is 5.32 Å². The normalized spacial score (nSPS) is 10.4. The van der Waals surface area contributed by atoms with Crippen molar-refractivity contribution in [2.24, 2.45) is 0 Å². The molecule has 2 N–H and O–H groups in total. The number of nitrogens with one attached hydrogen (secondary N) is 2. The summed E-state index contributed by atoms with van der Waals surface area (Å²) in [7, 11) is 0. The summed E-state index contributed by atoms with van der Waals surface area (Å²) < 4.78 is 1.10. The number of H-pyrrole nitrogens is 1. The van der Waals surface area contributed by atoms with E-state index in [1.165, 1.54) is 18.5 Å². The standard InChI is InChI=1S/C13H9ClN6O2/c14-11-7-15-6-5-10(11)12(21)16-8-1-3-9(4-2-8)20-13(22)17-18-19-20/h1-7H,(H,16,21)(H,17,19,22). The molecule has 110 valence electrons. The van der Waals surface area contributed by atoms with Crippen LogP contribution in [-0.2, 0) is 0 Å². The van der Waals surface area contributed by atoms with Gasteiger partial charge >= 0.3 is 5.69 Å². The molecular formula is C13H9ClN6O2. The van der Waals surface area contributed by atoms with Gasteiger partial charge in [0.1, 0.15) is 0 Å². The first kappa shape index (κ1) is 14.0. The molecule has 0 bridgehead atoms. The average molecular weight is 317 g/mol. The van der Waals surface area contributed by atoms with E-state index in [-0.39, 0.29) is 10.9 Å². The highest BCUT2D eigenvalue weighted by atomic mass is 35.5. The van der Waals surface area contributed by atoms with E-state index in [4.69, 9.17) is 11.6 Å². The lowest BCUT2D eigenvalue weighted by molar-refractivity contribution is 0.102. The minimum Gasteiger partial charge on any atom is -0.322 e. The molecule has 0 atom stereocenters. The van der Waals surface area contributed by atoms with Gasteiger partial charge in [0, 0.05) is 18.1 Å². The molecule has 0 saturated heterocycles. The highest BCUT2D eigenvalue weighted by Crippen LogP contribution is 2.17. The molecule has 1 aromatic carbocycles. The third-order valence-corrected chi connectivity index (χ3v) is 3.16. The minimum atomic E-state index is -0.444. The molecule has 3 aromatic rings. The van der Waals surface area contributed by atoms with Crippen molar-refractivity contribution in [2.45, 2.75) is 0 Å². The fourth-order valence-corrected chi connectivity index (χ4v) is 2.02. The van der Waals surface area contributed by atoms with Gasteiger partial charge in [-0.3, -0.25) is 9.78 Å². The molecule has 0 unspecified atom stereocenters. The Hall–Kier alpha value is -3.00. The van der Waals surface area contributed by atoms with Crippen LogP contribution in [0.25, 0.3) is 5.69 Å². The summed E-state index contributed by atoms with van der Waals surface area (Å²) >= 11 is 5.92. The van der Waals surface area contributed by atoms with Crippen LogP contribution < -0.4 is 11.0 Å². The molecule has 2 heterocycles. The summed E-state index contributed by atoms with van der Waals surface area (Å²) in [5.41, 5.74) is 0.964. The Labute approximate surface area is 128 Å². The Bertz CT molecular complexity index is 870. The van der Waals surface area contributed by atoms with Crippen LogP contribution in [-0.4, -0.2) is 31.1 Å². The molecule has 0 saturated carbocycles. The zero-order valence-corrected chi connectivity index (χ0v) is 11.8. The van der Waals surface area contributed by atoms with Crippen LogP contribution >= 0.6 is 11.6 Å². The number of hydrogen-bond donors (Lipinski definition) is 2. The van der Waals surface area contributed by atoms with Crippen molar-refractivity contribution in [3.8, 4) is 5.69 Å². The van der Waals surface area contributed by atoms with Crippen LogP contribution in [0.1, 0.15) is 10.4 Å². The molecule has 9 heteroatoms. The molecule has 0 aliphatic rings. The summed E-state index contributed by atoms with van der Waals surface area (Å²) in [6.07, 6.45) is 2.89. The average Bonchev–Trinajstić information content (AvgIpc) is 2.94. The molecular weight excluding hydrogens is 308 g/mol. The monoisotopic (exact) mass is 316 g/mol. The number of anilines is 1. The maximum atomic E-state index is 12.1. The lowest BCUT2D eigenvalue weighted by Crippen LogP contribution is -2.16. The summed E-state index contributed by atoms with van der Waals surface area (Å²) in [5, 5.41) is 12.2. The minimum absolute atomic E-state index is 0.269. The van der Waals surface area contributed by atoms with Gasteiger partial charge in [0.2, 0.25) is 0 Å². The van der Waals surface area contributed by atoms with Gasteiger partial charge in [0.25, 0.3) is 5.91 Å². The quantitative estimate of drug-likeness (QED) is 0.756. The lowest BCUT2D eigenvalue weighted by atomic mass is 10.2. The van der Waals surface area contributed by atoms with Gasteiger partial charge in [0.05, 0.1) is 16.3 Å². The number of aromatic amines is 1. The number of tetrazole rings is 1. The number of pyridine rings is 1. The van der Waals surface area contributed by atoms with Gasteiger partial charge in [-0.05, 0) is 40.8 Å². The van der Waals surface area contributed by atoms with E-state index in [0.717, 1.165) is 4.68 Å². The molecule has 22 heavy (non-hydrogen) atoms. The maximum absolute atomic E-state index is 12.1. The smallest absolute Gasteiger partial charge is 0.322 e. The molecule has 0 aliphatic carbocycles. The third kappa shape index (κ3) is 2.72. The van der Waals surface area contributed by atoms with Crippen molar-refractivity contribution >= 4 is 23.2 Å². The molecule has 1 amide bonds. The third-order valence-electron chi connectivity index (χ3n) is 2.86. The van der Waals surface area contributed by atoms with Crippen molar-refractivity contribution < 1.29 is 4.79 Å². The number of carbonyl (C=O) groups excluding carboxylic acids is 1. The van der Waals surface area contributed by atoms with Gasteiger partial charge in [-0.15, -0.1) is 0 Å². The van der Waals surface area contributed by atoms with Crippen LogP contribution in [0.2, 0.25) is 5.02 Å². The van der Waals surface area contributed by atoms with Crippen LogP contribution in [0.5, 0.6) is 0 Å². The molecule has 3 rings (SSSR count). The molecule has 8 nitrogen and oxygen atoms in total. The van der Waals surface area contributed by atoms with Gasteiger partial charge in [-0.25, -0.2) is 9.89 Å². The van der Waals surface area contributed by atoms with Crippen LogP contribution in [0.3, 0.4) is 0 Å². The number of halogens is 1. The predicted octanol–water partition coefficient (Wildman–Crippen LogP) is 1.26. The predicted molar refractivity (Wildman–Crippen MR) is 79.2 cm³/mol. The van der Waals surface area contributed by atoms with Crippen LogP contribution in [0, 0.1) is 0 Å². The number of nitrogens with zero attached hydrogens (tertiary/aromatic N) is 4.